The average molecular weight is 398 g/mol. The lowest BCUT2D eigenvalue weighted by Crippen LogP contribution is -2.33. The molecule has 1 fully saturated rings. The van der Waals surface area contributed by atoms with Crippen molar-refractivity contribution in [3.05, 3.63) is 15.1 Å². The van der Waals surface area contributed by atoms with E-state index in [-0.39, 0.29) is 32.8 Å². The van der Waals surface area contributed by atoms with Crippen molar-refractivity contribution in [1.82, 2.24) is 19.5 Å². The predicted octanol–water partition coefficient (Wildman–Crippen LogP) is -3.57. The topological polar surface area (TPSA) is 223 Å². The maximum atomic E-state index is 11.8. The van der Waals surface area contributed by atoms with E-state index in [1.807, 2.05) is 0 Å². The van der Waals surface area contributed by atoms with E-state index in [1.54, 1.807) is 0 Å². The first-order valence-electron chi connectivity index (χ1n) is 5.99. The standard InChI is InChI=1S/C10H12BrN5O5.2H2O/c11-9-13-3-6(14-10(12)15-7(3)20)16(9)8-5(19)4(18)2(1-17)21-8;;/h2,4-5,8,17-19H,1H2,(H3,12,14,15,20);2*1H2/t2-,4-,5-,8-;;/m1../s1. The minimum absolute atomic E-state index is 0. The lowest BCUT2D eigenvalue weighted by Gasteiger charge is -2.17. The van der Waals surface area contributed by atoms with E-state index in [4.69, 9.17) is 15.6 Å². The molecule has 10 N–H and O–H groups in total. The highest BCUT2D eigenvalue weighted by Crippen LogP contribution is 2.33. The van der Waals surface area contributed by atoms with Gasteiger partial charge >= 0.3 is 0 Å². The number of rotatable bonds is 2. The quantitative estimate of drug-likeness (QED) is 0.317. The Labute approximate surface area is 136 Å². The molecule has 0 bridgehead atoms. The molecular formula is C10H16BrN5O7. The van der Waals surface area contributed by atoms with E-state index in [2.05, 4.69) is 30.9 Å². The van der Waals surface area contributed by atoms with Gasteiger partial charge in [-0.15, -0.1) is 0 Å². The van der Waals surface area contributed by atoms with Crippen LogP contribution in [0.25, 0.3) is 11.2 Å². The number of nitrogens with two attached hydrogens (primary N) is 1. The van der Waals surface area contributed by atoms with Gasteiger partial charge in [0, 0.05) is 0 Å². The number of nitrogen functional groups attached to an aromatic ring is 1. The Morgan fingerprint density at radius 1 is 1.30 bits per heavy atom. The summed E-state index contributed by atoms with van der Waals surface area (Å²) in [6, 6.07) is 0. The molecule has 130 valence electrons. The van der Waals surface area contributed by atoms with Crippen LogP contribution in [0, 0.1) is 0 Å². The normalized spacial score (nSPS) is 26.8. The smallest absolute Gasteiger partial charge is 0.280 e. The van der Waals surface area contributed by atoms with Crippen LogP contribution in [-0.2, 0) is 4.74 Å². The average Bonchev–Trinajstić information content (AvgIpc) is 2.89. The predicted molar refractivity (Wildman–Crippen MR) is 80.5 cm³/mol. The summed E-state index contributed by atoms with van der Waals surface area (Å²) in [7, 11) is 0. The molecular weight excluding hydrogens is 382 g/mol. The zero-order valence-corrected chi connectivity index (χ0v) is 13.1. The van der Waals surface area contributed by atoms with E-state index >= 15 is 0 Å². The fraction of sp³-hybridized carbons (Fsp3) is 0.500. The summed E-state index contributed by atoms with van der Waals surface area (Å²) in [5.74, 6) is -0.118. The van der Waals surface area contributed by atoms with Gasteiger partial charge in [0.2, 0.25) is 5.95 Å². The molecule has 1 saturated heterocycles. The van der Waals surface area contributed by atoms with Gasteiger partial charge < -0.3 is 36.7 Å². The van der Waals surface area contributed by atoms with Crippen molar-refractivity contribution in [1.29, 1.82) is 0 Å². The van der Waals surface area contributed by atoms with Gasteiger partial charge in [0.1, 0.15) is 18.3 Å². The molecule has 12 nitrogen and oxygen atoms in total. The molecule has 0 aliphatic carbocycles. The molecule has 0 amide bonds. The van der Waals surface area contributed by atoms with Crippen molar-refractivity contribution in [2.24, 2.45) is 0 Å². The van der Waals surface area contributed by atoms with Crippen molar-refractivity contribution < 1.29 is 31.0 Å². The molecule has 0 aromatic carbocycles. The Hall–Kier alpha value is -1.61. The number of anilines is 1. The summed E-state index contributed by atoms with van der Waals surface area (Å²) in [6.07, 6.45) is -4.61. The van der Waals surface area contributed by atoms with Crippen LogP contribution in [0.1, 0.15) is 6.23 Å². The van der Waals surface area contributed by atoms with E-state index in [1.165, 1.54) is 4.57 Å². The fourth-order valence-electron chi connectivity index (χ4n) is 2.29. The first kappa shape index (κ1) is 19.4. The third-order valence-electron chi connectivity index (χ3n) is 3.30. The second kappa shape index (κ2) is 6.88. The van der Waals surface area contributed by atoms with E-state index in [0.29, 0.717) is 0 Å². The number of hydrogen-bond acceptors (Lipinski definition) is 8. The molecule has 2 aromatic heterocycles. The summed E-state index contributed by atoms with van der Waals surface area (Å²) in [4.78, 5) is 22.0. The minimum atomic E-state index is -1.32. The van der Waals surface area contributed by atoms with Crippen molar-refractivity contribution in [2.75, 3.05) is 12.3 Å². The van der Waals surface area contributed by atoms with Crippen LogP contribution >= 0.6 is 15.9 Å². The van der Waals surface area contributed by atoms with Crippen LogP contribution in [0.2, 0.25) is 0 Å². The highest BCUT2D eigenvalue weighted by atomic mass is 79.9. The second-order valence-corrected chi connectivity index (χ2v) is 5.31. The van der Waals surface area contributed by atoms with Crippen molar-refractivity contribution in [2.45, 2.75) is 24.5 Å². The maximum absolute atomic E-state index is 11.8. The highest BCUT2D eigenvalue weighted by molar-refractivity contribution is 9.10. The molecule has 4 atom stereocenters. The van der Waals surface area contributed by atoms with Gasteiger partial charge in [0.25, 0.3) is 5.56 Å². The van der Waals surface area contributed by atoms with Crippen LogP contribution in [0.3, 0.4) is 0 Å². The summed E-state index contributed by atoms with van der Waals surface area (Å²) >= 11 is 3.15. The molecule has 13 heteroatoms. The molecule has 0 unspecified atom stereocenters. The Balaban J connectivity index is 0.00000132. The van der Waals surface area contributed by atoms with Crippen LogP contribution < -0.4 is 11.3 Å². The number of nitrogens with zero attached hydrogens (tertiary/aromatic N) is 3. The van der Waals surface area contributed by atoms with Gasteiger partial charge in [-0.05, 0) is 15.9 Å². The molecule has 23 heavy (non-hydrogen) atoms. The SMILES string of the molecule is Nc1nc2c(nc(Br)n2[C@@H]2O[C@H](CO)[C@@H](O)[C@H]2O)c(=O)[nH]1.O.O. The number of hydrogen-bond donors (Lipinski definition) is 5. The number of nitrogens with one attached hydrogen (secondary N) is 1. The van der Waals surface area contributed by atoms with E-state index in [9.17, 15) is 15.0 Å². The van der Waals surface area contributed by atoms with Crippen LogP contribution in [0.5, 0.6) is 0 Å². The van der Waals surface area contributed by atoms with Crippen LogP contribution in [0.4, 0.5) is 5.95 Å². The third kappa shape index (κ3) is 2.94. The van der Waals surface area contributed by atoms with Crippen LogP contribution in [0.15, 0.2) is 9.53 Å². The molecule has 3 rings (SSSR count). The van der Waals surface area contributed by atoms with Gasteiger partial charge in [0.05, 0.1) is 6.61 Å². The first-order chi connectivity index (χ1) is 9.93. The first-order valence-corrected chi connectivity index (χ1v) is 6.79. The lowest BCUT2D eigenvalue weighted by atomic mass is 10.1. The largest absolute Gasteiger partial charge is 0.412 e. The lowest BCUT2D eigenvalue weighted by molar-refractivity contribution is -0.0521. The Morgan fingerprint density at radius 3 is 2.52 bits per heavy atom. The number of imidazole rings is 1. The monoisotopic (exact) mass is 397 g/mol. The van der Waals surface area contributed by atoms with Crippen molar-refractivity contribution in [3.8, 4) is 0 Å². The Bertz CT molecular complexity index is 749. The number of fused-ring (bicyclic) bond motifs is 1. The second-order valence-electron chi connectivity index (χ2n) is 4.60. The molecule has 1 aliphatic rings. The Kier molecular flexibility index (Phi) is 5.81. The summed E-state index contributed by atoms with van der Waals surface area (Å²) < 4.78 is 6.87. The van der Waals surface area contributed by atoms with Gasteiger partial charge in [0.15, 0.2) is 22.1 Å². The Morgan fingerprint density at radius 2 is 1.96 bits per heavy atom. The molecule has 3 heterocycles. The highest BCUT2D eigenvalue weighted by Gasteiger charge is 2.44. The van der Waals surface area contributed by atoms with Gasteiger partial charge in [-0.25, -0.2) is 4.98 Å². The maximum Gasteiger partial charge on any atom is 0.280 e. The summed E-state index contributed by atoms with van der Waals surface area (Å²) in [6.45, 7) is -0.463. The number of aliphatic hydroxyl groups is 3. The van der Waals surface area contributed by atoms with Gasteiger partial charge in [-0.1, -0.05) is 0 Å². The summed E-state index contributed by atoms with van der Waals surface area (Å²) in [5.41, 5.74) is 5.07. The third-order valence-corrected chi connectivity index (χ3v) is 3.86. The van der Waals surface area contributed by atoms with Gasteiger partial charge in [-0.2, -0.15) is 4.98 Å². The number of aromatic nitrogens is 4. The number of aromatic amines is 1. The van der Waals surface area contributed by atoms with Crippen LogP contribution in [-0.4, -0.2) is 70.7 Å². The van der Waals surface area contributed by atoms with Crippen molar-refractivity contribution in [3.63, 3.8) is 0 Å². The number of ether oxygens (including phenoxy) is 1. The minimum Gasteiger partial charge on any atom is -0.412 e. The number of halogens is 1. The summed E-state index contributed by atoms with van der Waals surface area (Å²) in [5, 5.41) is 29.0. The molecule has 2 aromatic rings. The molecule has 1 aliphatic heterocycles. The zero-order chi connectivity index (χ0) is 15.3. The van der Waals surface area contributed by atoms with E-state index in [0.717, 1.165) is 0 Å². The number of aliphatic hydroxyl groups excluding tert-OH is 3. The zero-order valence-electron chi connectivity index (χ0n) is 11.5. The molecule has 0 spiro atoms. The number of H-pyrrole nitrogens is 1. The molecule has 0 saturated carbocycles. The fourth-order valence-corrected chi connectivity index (χ4v) is 2.84. The molecule has 0 radical (unpaired) electrons. The van der Waals surface area contributed by atoms with E-state index < -0.39 is 36.7 Å². The van der Waals surface area contributed by atoms with Crippen molar-refractivity contribution >= 4 is 33.0 Å². The van der Waals surface area contributed by atoms with Gasteiger partial charge in [-0.3, -0.25) is 14.3 Å².